The average Bonchev–Trinajstić information content (AvgIpc) is 3.31. The first-order chi connectivity index (χ1) is 16.7. The van der Waals surface area contributed by atoms with Crippen LogP contribution >= 0.6 is 0 Å². The summed E-state index contributed by atoms with van der Waals surface area (Å²) in [5.74, 6) is 4.12. The molecule has 1 N–H and O–H groups in total. The maximum Gasteiger partial charge on any atom is 0.307 e. The van der Waals surface area contributed by atoms with Gasteiger partial charge < -0.3 is 9.84 Å². The third kappa shape index (κ3) is 3.34. The molecule has 36 heavy (non-hydrogen) atoms. The van der Waals surface area contributed by atoms with Gasteiger partial charge in [0.25, 0.3) is 0 Å². The monoisotopic (exact) mass is 514 g/mol. The van der Waals surface area contributed by atoms with Gasteiger partial charge in [-0.15, -0.1) is 0 Å². The zero-order valence-electron chi connectivity index (χ0n) is 24.7. The molecule has 12 atom stereocenters. The molecule has 0 heterocycles. The minimum atomic E-state index is -1.90. The Hall–Kier alpha value is -0.613. The Bertz CT molecular complexity index is 923. The van der Waals surface area contributed by atoms with Crippen molar-refractivity contribution in [1.82, 2.24) is 0 Å². The maximum absolute atomic E-state index is 12.4. The molecule has 204 valence electrons. The molecule has 5 aliphatic rings. The fourth-order valence-electron chi connectivity index (χ4n) is 11.3. The Balaban J connectivity index is 1.35. The van der Waals surface area contributed by atoms with Crippen molar-refractivity contribution in [3.63, 3.8) is 0 Å². The number of allylic oxidation sites excluding steroid dienone is 2. The molecule has 1 spiro atoms. The highest BCUT2D eigenvalue weighted by molar-refractivity contribution is 6.82. The van der Waals surface area contributed by atoms with Crippen LogP contribution in [0.15, 0.2) is 12.2 Å². The molecule has 0 bridgehead atoms. The van der Waals surface area contributed by atoms with Crippen LogP contribution in [0.2, 0.25) is 24.7 Å². The van der Waals surface area contributed by atoms with Gasteiger partial charge >= 0.3 is 5.97 Å². The van der Waals surface area contributed by atoms with Crippen LogP contribution in [0.25, 0.3) is 0 Å². The molecule has 0 aromatic rings. The van der Waals surface area contributed by atoms with Crippen LogP contribution < -0.4 is 0 Å². The van der Waals surface area contributed by atoms with Gasteiger partial charge in [-0.1, -0.05) is 66.4 Å². The number of carboxylic acid groups (broad SMARTS) is 1. The van der Waals surface area contributed by atoms with Crippen molar-refractivity contribution in [1.29, 1.82) is 0 Å². The van der Waals surface area contributed by atoms with E-state index < -0.39 is 19.1 Å². The van der Waals surface area contributed by atoms with Crippen molar-refractivity contribution in [2.75, 3.05) is 7.11 Å². The van der Waals surface area contributed by atoms with Crippen molar-refractivity contribution in [3.05, 3.63) is 12.2 Å². The fourth-order valence-corrected chi connectivity index (χ4v) is 13.5. The van der Waals surface area contributed by atoms with Gasteiger partial charge in [0, 0.05) is 12.5 Å². The summed E-state index contributed by atoms with van der Waals surface area (Å²) in [6.07, 6.45) is 16.3. The molecule has 0 amide bonds. The topological polar surface area (TPSA) is 46.5 Å². The molecule has 6 unspecified atom stereocenters. The molecule has 5 aliphatic carbocycles. The molecule has 0 aromatic carbocycles. The van der Waals surface area contributed by atoms with Gasteiger partial charge in [0.1, 0.15) is 0 Å². The Morgan fingerprint density at radius 3 is 2.33 bits per heavy atom. The smallest absolute Gasteiger partial charge is 0.307 e. The number of rotatable bonds is 7. The number of fused-ring (bicyclic) bond motifs is 4. The predicted octanol–water partition coefficient (Wildman–Crippen LogP) is 8.28. The normalized spacial score (nSPS) is 48.9. The number of aliphatic carboxylic acids is 1. The summed E-state index contributed by atoms with van der Waals surface area (Å²) in [6, 6.07) is 0. The second-order valence-corrected chi connectivity index (χ2v) is 21.3. The first-order valence-electron chi connectivity index (χ1n) is 15.1. The fraction of sp³-hybridized carbons (Fsp3) is 0.906. The molecule has 0 radical (unpaired) electrons. The van der Waals surface area contributed by atoms with Crippen LogP contribution in [-0.4, -0.2) is 32.4 Å². The molecule has 0 aromatic heterocycles. The van der Waals surface area contributed by atoms with E-state index in [2.05, 4.69) is 59.5 Å². The van der Waals surface area contributed by atoms with Crippen LogP contribution in [-0.2, 0) is 9.53 Å². The highest BCUT2D eigenvalue weighted by Gasteiger charge is 2.77. The lowest BCUT2D eigenvalue weighted by molar-refractivity contribution is -0.160. The lowest BCUT2D eigenvalue weighted by Crippen LogP contribution is -2.57. The minimum absolute atomic E-state index is 0.0515. The van der Waals surface area contributed by atoms with Crippen LogP contribution in [0.5, 0.6) is 0 Å². The zero-order chi connectivity index (χ0) is 26.5. The van der Waals surface area contributed by atoms with Crippen molar-refractivity contribution in [2.24, 2.45) is 57.7 Å². The lowest BCUT2D eigenvalue weighted by atomic mass is 9.45. The summed E-state index contributed by atoms with van der Waals surface area (Å²) in [5.41, 5.74) is 1.41. The van der Waals surface area contributed by atoms with Gasteiger partial charge in [0.2, 0.25) is 0 Å². The lowest BCUT2D eigenvalue weighted by Gasteiger charge is -2.61. The molecule has 0 saturated heterocycles. The molecule has 0 aliphatic heterocycles. The standard InChI is InChI=1S/C32H54O3Si/c1-20(10-11-21(2)31(5,28(33)34)36(7,8)9)24-12-13-25-23-18-27(35-6)32-19-22(32)14-17-30(32,4)26(23)15-16-29(24,25)3/h10-11,20-27H,12-19H2,1-9H3,(H,33,34)/b11-10+/t20-,21-,22?,23?,24-,25?,26?,27-,29-,30-,31?,32?/m1/s1. The van der Waals surface area contributed by atoms with E-state index in [4.69, 9.17) is 4.74 Å². The first-order valence-corrected chi connectivity index (χ1v) is 18.6. The molecule has 5 rings (SSSR count). The van der Waals surface area contributed by atoms with Gasteiger partial charge in [0.05, 0.1) is 19.2 Å². The Morgan fingerprint density at radius 1 is 1.06 bits per heavy atom. The summed E-state index contributed by atoms with van der Waals surface area (Å²) in [5, 5.41) is 9.52. The van der Waals surface area contributed by atoms with Crippen molar-refractivity contribution >= 4 is 14.0 Å². The van der Waals surface area contributed by atoms with Crippen molar-refractivity contribution in [2.45, 2.75) is 117 Å². The van der Waals surface area contributed by atoms with E-state index in [0.29, 0.717) is 34.2 Å². The van der Waals surface area contributed by atoms with Gasteiger partial charge in [-0.2, -0.15) is 0 Å². The SMILES string of the molecule is CO[C@@H]1CC2C3CC[C@H]([C@H](C)/C=C/[C@@H](C)C(C)(C(=O)O)[Si](C)(C)C)[C@@]3(C)CCC2[C@@]2(C)CCC3CC312. The van der Waals surface area contributed by atoms with Crippen LogP contribution in [0, 0.1) is 57.7 Å². The van der Waals surface area contributed by atoms with Crippen LogP contribution in [0.4, 0.5) is 0 Å². The maximum atomic E-state index is 12.4. The van der Waals surface area contributed by atoms with E-state index in [-0.39, 0.29) is 5.92 Å². The first kappa shape index (κ1) is 27.0. The van der Waals surface area contributed by atoms with Crippen LogP contribution in [0.1, 0.15) is 86.0 Å². The van der Waals surface area contributed by atoms with E-state index in [1.165, 1.54) is 51.4 Å². The number of carbonyl (C=O) groups is 1. The number of hydrogen-bond acceptors (Lipinski definition) is 2. The zero-order valence-corrected chi connectivity index (χ0v) is 25.7. The number of hydrogen-bond donors (Lipinski definition) is 1. The number of methoxy groups -OCH3 is 1. The van der Waals surface area contributed by atoms with Gasteiger partial charge in [-0.25, -0.2) is 0 Å². The highest BCUT2D eigenvalue weighted by atomic mass is 28.3. The Morgan fingerprint density at radius 2 is 1.75 bits per heavy atom. The average molecular weight is 515 g/mol. The molecule has 5 fully saturated rings. The Labute approximate surface area is 222 Å². The summed E-state index contributed by atoms with van der Waals surface area (Å²) in [4.78, 5) is 12.4. The quantitative estimate of drug-likeness (QED) is 0.275. The summed E-state index contributed by atoms with van der Waals surface area (Å²) in [7, 11) is 0.0962. The molecular formula is C32H54O3Si. The van der Waals surface area contributed by atoms with Crippen molar-refractivity contribution < 1.29 is 14.6 Å². The molecule has 3 nitrogen and oxygen atoms in total. The molecule has 4 heteroatoms. The van der Waals surface area contributed by atoms with Gasteiger partial charge in [-0.3, -0.25) is 4.79 Å². The predicted molar refractivity (Wildman–Crippen MR) is 151 cm³/mol. The van der Waals surface area contributed by atoms with E-state index in [0.717, 1.165) is 23.7 Å². The van der Waals surface area contributed by atoms with E-state index in [9.17, 15) is 9.90 Å². The molecule has 5 saturated carbocycles. The summed E-state index contributed by atoms with van der Waals surface area (Å²) < 4.78 is 6.31. The third-order valence-electron chi connectivity index (χ3n) is 14.2. The summed E-state index contributed by atoms with van der Waals surface area (Å²) >= 11 is 0. The third-order valence-corrected chi connectivity index (χ3v) is 17.9. The van der Waals surface area contributed by atoms with E-state index in [1.54, 1.807) is 0 Å². The largest absolute Gasteiger partial charge is 0.481 e. The number of ether oxygens (including phenoxy) is 1. The van der Waals surface area contributed by atoms with Gasteiger partial charge in [0.15, 0.2) is 0 Å². The summed E-state index contributed by atoms with van der Waals surface area (Å²) in [6.45, 7) is 18.4. The Kier molecular flexibility index (Phi) is 6.32. The second-order valence-electron chi connectivity index (χ2n) is 15.8. The van der Waals surface area contributed by atoms with Gasteiger partial charge in [-0.05, 0) is 104 Å². The second kappa shape index (κ2) is 8.44. The van der Waals surface area contributed by atoms with E-state index in [1.807, 2.05) is 14.0 Å². The molecular weight excluding hydrogens is 460 g/mol. The van der Waals surface area contributed by atoms with Crippen molar-refractivity contribution in [3.8, 4) is 0 Å². The highest BCUT2D eigenvalue weighted by Crippen LogP contribution is 2.82. The van der Waals surface area contributed by atoms with E-state index >= 15 is 0 Å². The minimum Gasteiger partial charge on any atom is -0.481 e. The van der Waals surface area contributed by atoms with Crippen LogP contribution in [0.3, 0.4) is 0 Å². The number of carboxylic acids is 1.